The average Bonchev–Trinajstić information content (AvgIpc) is 3.28. The zero-order valence-corrected chi connectivity index (χ0v) is 16.9. The second kappa shape index (κ2) is 7.71. The smallest absolute Gasteiger partial charge is 0.283 e. The molecule has 0 atom stereocenters. The molecule has 1 saturated heterocycles. The largest absolute Gasteiger partial charge is 0.362 e. The summed E-state index contributed by atoms with van der Waals surface area (Å²) in [5, 5.41) is 3.83. The highest BCUT2D eigenvalue weighted by molar-refractivity contribution is 7.90. The Morgan fingerprint density at radius 1 is 1.17 bits per heavy atom. The van der Waals surface area contributed by atoms with Gasteiger partial charge in [0.05, 0.1) is 11.3 Å². The number of carbonyl (C=O) groups is 1. The van der Waals surface area contributed by atoms with Gasteiger partial charge >= 0.3 is 0 Å². The van der Waals surface area contributed by atoms with Crippen LogP contribution < -0.4 is 5.32 Å². The molecule has 1 aromatic heterocycles. The maximum atomic E-state index is 12.5. The molecular formula is C21H22N4O3S. The normalized spacial score (nSPS) is 15.9. The van der Waals surface area contributed by atoms with Crippen LogP contribution in [0.1, 0.15) is 18.4 Å². The number of amides is 1. The van der Waals surface area contributed by atoms with Gasteiger partial charge in [0, 0.05) is 42.8 Å². The van der Waals surface area contributed by atoms with Gasteiger partial charge in [-0.25, -0.2) is 0 Å². The lowest BCUT2D eigenvalue weighted by atomic mass is 10.1. The standard InChI is InChI=1S/C21H22N4O3S/c1-25-12-4-7-20(25)24-29(27,28)17-10-8-16(9-11-17)23-21(26)13-15-14-22-19-6-3-2-5-18(15)19/h2-3,5-6,8-11,14,22H,4,7,12-13H2,1H3,(H,23,26). The fourth-order valence-electron chi connectivity index (χ4n) is 3.47. The minimum absolute atomic E-state index is 0.111. The lowest BCUT2D eigenvalue weighted by Crippen LogP contribution is -2.20. The van der Waals surface area contributed by atoms with E-state index in [9.17, 15) is 13.2 Å². The molecular weight excluding hydrogens is 388 g/mol. The Bertz CT molecular complexity index is 1180. The van der Waals surface area contributed by atoms with Gasteiger partial charge in [-0.2, -0.15) is 8.42 Å². The Morgan fingerprint density at radius 3 is 2.66 bits per heavy atom. The summed E-state index contributed by atoms with van der Waals surface area (Å²) >= 11 is 0. The molecule has 29 heavy (non-hydrogen) atoms. The number of aromatic amines is 1. The van der Waals surface area contributed by atoms with Crippen molar-refractivity contribution in [2.45, 2.75) is 24.2 Å². The zero-order chi connectivity index (χ0) is 20.4. The van der Waals surface area contributed by atoms with E-state index in [1.54, 1.807) is 12.1 Å². The van der Waals surface area contributed by atoms with Crippen LogP contribution in [0.5, 0.6) is 0 Å². The van der Waals surface area contributed by atoms with Crippen LogP contribution in [0, 0.1) is 0 Å². The molecule has 1 fully saturated rings. The van der Waals surface area contributed by atoms with Gasteiger partial charge in [-0.3, -0.25) is 4.79 Å². The molecule has 0 aliphatic carbocycles. The highest BCUT2D eigenvalue weighted by Crippen LogP contribution is 2.21. The number of anilines is 1. The number of rotatable bonds is 5. The molecule has 8 heteroatoms. The van der Waals surface area contributed by atoms with Gasteiger partial charge in [0.25, 0.3) is 10.0 Å². The lowest BCUT2D eigenvalue weighted by Gasteiger charge is -2.11. The maximum Gasteiger partial charge on any atom is 0.283 e. The Balaban J connectivity index is 1.44. The van der Waals surface area contributed by atoms with Crippen LogP contribution in [-0.4, -0.2) is 43.6 Å². The zero-order valence-electron chi connectivity index (χ0n) is 16.1. The minimum Gasteiger partial charge on any atom is -0.362 e. The topological polar surface area (TPSA) is 94.6 Å². The molecule has 0 saturated carbocycles. The van der Waals surface area contributed by atoms with Crippen molar-refractivity contribution in [2.24, 2.45) is 4.40 Å². The second-order valence-electron chi connectivity index (χ2n) is 7.12. The lowest BCUT2D eigenvalue weighted by molar-refractivity contribution is -0.115. The van der Waals surface area contributed by atoms with Crippen molar-refractivity contribution in [3.63, 3.8) is 0 Å². The molecule has 0 spiro atoms. The summed E-state index contributed by atoms with van der Waals surface area (Å²) in [6.45, 7) is 0.815. The van der Waals surface area contributed by atoms with Crippen LogP contribution in [0.15, 0.2) is 64.0 Å². The number of amidine groups is 1. The average molecular weight is 410 g/mol. The number of nitrogens with zero attached hydrogens (tertiary/aromatic N) is 2. The third-order valence-corrected chi connectivity index (χ3v) is 6.34. The van der Waals surface area contributed by atoms with Gasteiger partial charge < -0.3 is 15.2 Å². The number of sulfonamides is 1. The Hall–Kier alpha value is -3.13. The molecule has 1 aliphatic heterocycles. The molecule has 4 rings (SSSR count). The van der Waals surface area contributed by atoms with Crippen LogP contribution in [-0.2, 0) is 21.2 Å². The van der Waals surface area contributed by atoms with E-state index in [1.807, 2.05) is 42.4 Å². The van der Waals surface area contributed by atoms with Gasteiger partial charge in [0.1, 0.15) is 5.84 Å². The van der Waals surface area contributed by atoms with Crippen molar-refractivity contribution < 1.29 is 13.2 Å². The third-order valence-electron chi connectivity index (χ3n) is 5.02. The number of benzene rings is 2. The highest BCUT2D eigenvalue weighted by atomic mass is 32.2. The van der Waals surface area contributed by atoms with E-state index < -0.39 is 10.0 Å². The fourth-order valence-corrected chi connectivity index (χ4v) is 4.56. The van der Waals surface area contributed by atoms with E-state index in [-0.39, 0.29) is 17.2 Å². The van der Waals surface area contributed by atoms with Gasteiger partial charge in [0.15, 0.2) is 0 Å². The van der Waals surface area contributed by atoms with Crippen LogP contribution >= 0.6 is 0 Å². The molecule has 0 unspecified atom stereocenters. The predicted octanol–water partition coefficient (Wildman–Crippen LogP) is 3.16. The Morgan fingerprint density at radius 2 is 1.93 bits per heavy atom. The van der Waals surface area contributed by atoms with Crippen molar-refractivity contribution in [2.75, 3.05) is 18.9 Å². The van der Waals surface area contributed by atoms with Crippen molar-refractivity contribution in [1.29, 1.82) is 0 Å². The number of hydrogen-bond donors (Lipinski definition) is 2. The summed E-state index contributed by atoms with van der Waals surface area (Å²) < 4.78 is 28.9. The predicted molar refractivity (Wildman–Crippen MR) is 114 cm³/mol. The molecule has 2 heterocycles. The number of nitrogens with one attached hydrogen (secondary N) is 2. The number of aromatic nitrogens is 1. The number of likely N-dealkylation sites (tertiary alicyclic amines) is 1. The van der Waals surface area contributed by atoms with Gasteiger partial charge in [0.2, 0.25) is 5.91 Å². The fraction of sp³-hybridized carbons (Fsp3) is 0.238. The maximum absolute atomic E-state index is 12.5. The number of carbonyl (C=O) groups excluding carboxylic acids is 1. The van der Waals surface area contributed by atoms with Crippen LogP contribution in [0.4, 0.5) is 5.69 Å². The first-order valence-electron chi connectivity index (χ1n) is 9.42. The number of hydrogen-bond acceptors (Lipinski definition) is 3. The van der Waals surface area contributed by atoms with Gasteiger partial charge in [-0.1, -0.05) is 18.2 Å². The van der Waals surface area contributed by atoms with Crippen molar-refractivity contribution in [3.05, 3.63) is 60.3 Å². The van der Waals surface area contributed by atoms with Gasteiger partial charge in [-0.05, 0) is 42.3 Å². The van der Waals surface area contributed by atoms with E-state index in [4.69, 9.17) is 0 Å². The molecule has 1 aliphatic rings. The third kappa shape index (κ3) is 4.17. The Kier molecular flexibility index (Phi) is 5.10. The minimum atomic E-state index is -3.76. The summed E-state index contributed by atoms with van der Waals surface area (Å²) in [7, 11) is -1.92. The molecule has 150 valence electrons. The first kappa shape index (κ1) is 19.2. The first-order chi connectivity index (χ1) is 13.9. The molecule has 2 N–H and O–H groups in total. The van der Waals surface area contributed by atoms with Crippen LogP contribution in [0.2, 0.25) is 0 Å². The summed E-state index contributed by atoms with van der Waals surface area (Å²) in [6.07, 6.45) is 3.63. The molecule has 7 nitrogen and oxygen atoms in total. The van der Waals surface area contributed by atoms with E-state index in [0.717, 1.165) is 29.4 Å². The number of fused-ring (bicyclic) bond motifs is 1. The molecule has 0 radical (unpaired) electrons. The molecule has 1 amide bonds. The van der Waals surface area contributed by atoms with Crippen molar-refractivity contribution >= 4 is 38.4 Å². The summed E-state index contributed by atoms with van der Waals surface area (Å²) in [5.74, 6) is 0.416. The summed E-state index contributed by atoms with van der Waals surface area (Å²) in [5.41, 5.74) is 2.44. The van der Waals surface area contributed by atoms with Gasteiger partial charge in [-0.15, -0.1) is 4.40 Å². The van der Waals surface area contributed by atoms with E-state index >= 15 is 0 Å². The number of H-pyrrole nitrogens is 1. The molecule has 3 aromatic rings. The monoisotopic (exact) mass is 410 g/mol. The SMILES string of the molecule is CN1CCCC1=NS(=O)(=O)c1ccc(NC(=O)Cc2c[nH]c3ccccc23)cc1. The quantitative estimate of drug-likeness (QED) is 0.675. The van der Waals surface area contributed by atoms with Crippen molar-refractivity contribution in [1.82, 2.24) is 9.88 Å². The summed E-state index contributed by atoms with van der Waals surface area (Å²) in [6, 6.07) is 13.9. The number of para-hydroxylation sites is 1. The first-order valence-corrected chi connectivity index (χ1v) is 10.9. The summed E-state index contributed by atoms with van der Waals surface area (Å²) in [4.78, 5) is 17.5. The van der Waals surface area contributed by atoms with Crippen molar-refractivity contribution in [3.8, 4) is 0 Å². The molecule has 2 aromatic carbocycles. The van der Waals surface area contributed by atoms with E-state index in [1.165, 1.54) is 12.1 Å². The molecule has 0 bridgehead atoms. The van der Waals surface area contributed by atoms with Crippen LogP contribution in [0.3, 0.4) is 0 Å². The Labute approximate surface area is 169 Å². The second-order valence-corrected chi connectivity index (χ2v) is 8.72. The van der Waals surface area contributed by atoms with E-state index in [2.05, 4.69) is 14.7 Å². The van der Waals surface area contributed by atoms with Crippen LogP contribution in [0.25, 0.3) is 10.9 Å². The highest BCUT2D eigenvalue weighted by Gasteiger charge is 2.20. The van der Waals surface area contributed by atoms with E-state index in [0.29, 0.717) is 17.9 Å².